The molecule has 1 saturated heterocycles. The minimum Gasteiger partial charge on any atom is -0.379 e. The maximum atomic E-state index is 13.2. The van der Waals surface area contributed by atoms with Crippen molar-refractivity contribution in [2.24, 2.45) is 0 Å². The normalized spacial score (nSPS) is 15.2. The molecule has 2 aromatic carbocycles. The third-order valence-electron chi connectivity index (χ3n) is 5.19. The summed E-state index contributed by atoms with van der Waals surface area (Å²) < 4.78 is 7.28. The third kappa shape index (κ3) is 4.29. The maximum Gasteiger partial charge on any atom is 0.262 e. The second-order valence-corrected chi connectivity index (χ2v) is 7.98. The topological polar surface area (TPSA) is 47.4 Å². The summed E-state index contributed by atoms with van der Waals surface area (Å²) in [6.45, 7) is 6.96. The Balaban J connectivity index is 1.62. The summed E-state index contributed by atoms with van der Waals surface area (Å²) in [5.74, 6) is 0.801. The molecule has 0 aliphatic carbocycles. The highest BCUT2D eigenvalue weighted by molar-refractivity contribution is 7.98. The molecule has 1 fully saturated rings. The molecule has 0 atom stereocenters. The van der Waals surface area contributed by atoms with Crippen LogP contribution < -0.4 is 5.56 Å². The van der Waals surface area contributed by atoms with E-state index in [-0.39, 0.29) is 5.56 Å². The number of ether oxygens (including phenoxy) is 1. The van der Waals surface area contributed by atoms with Gasteiger partial charge in [0.25, 0.3) is 5.56 Å². The standard InChI is InChI=1S/C22H25N3O2S/c1-17-6-2-3-7-18(17)16-28-22-23-20-9-5-4-8-19(20)21(26)25(22)11-10-24-12-14-27-15-13-24/h2-9H,10-16H2,1H3. The molecule has 1 aromatic heterocycles. The highest BCUT2D eigenvalue weighted by atomic mass is 32.2. The van der Waals surface area contributed by atoms with E-state index in [1.807, 2.05) is 28.8 Å². The van der Waals surface area contributed by atoms with Crippen LogP contribution in [-0.2, 0) is 17.0 Å². The quantitative estimate of drug-likeness (QED) is 0.473. The van der Waals surface area contributed by atoms with Gasteiger partial charge in [-0.25, -0.2) is 4.98 Å². The van der Waals surface area contributed by atoms with E-state index in [4.69, 9.17) is 9.72 Å². The molecular formula is C22H25N3O2S. The average molecular weight is 396 g/mol. The summed E-state index contributed by atoms with van der Waals surface area (Å²) in [6, 6.07) is 16.0. The number of hydrogen-bond donors (Lipinski definition) is 0. The fourth-order valence-corrected chi connectivity index (χ4v) is 4.54. The van der Waals surface area contributed by atoms with E-state index in [1.54, 1.807) is 11.8 Å². The van der Waals surface area contributed by atoms with Crippen molar-refractivity contribution in [3.8, 4) is 0 Å². The Hall–Kier alpha value is -2.15. The SMILES string of the molecule is Cc1ccccc1CSc1nc2ccccc2c(=O)n1CCN1CCOCC1. The Morgan fingerprint density at radius 2 is 1.79 bits per heavy atom. The van der Waals surface area contributed by atoms with E-state index < -0.39 is 0 Å². The van der Waals surface area contributed by atoms with Crippen LogP contribution in [-0.4, -0.2) is 47.3 Å². The lowest BCUT2D eigenvalue weighted by Gasteiger charge is -2.27. The van der Waals surface area contributed by atoms with Crippen molar-refractivity contribution in [2.75, 3.05) is 32.8 Å². The van der Waals surface area contributed by atoms with E-state index in [2.05, 4.69) is 36.1 Å². The lowest BCUT2D eigenvalue weighted by atomic mass is 10.1. The largest absolute Gasteiger partial charge is 0.379 e. The number of aryl methyl sites for hydroxylation is 1. The third-order valence-corrected chi connectivity index (χ3v) is 6.21. The van der Waals surface area contributed by atoms with Gasteiger partial charge in [0.15, 0.2) is 5.16 Å². The lowest BCUT2D eigenvalue weighted by Crippen LogP contribution is -2.39. The van der Waals surface area contributed by atoms with Gasteiger partial charge in [-0.2, -0.15) is 0 Å². The summed E-state index contributed by atoms with van der Waals surface area (Å²) in [6.07, 6.45) is 0. The first-order valence-corrected chi connectivity index (χ1v) is 10.7. The number of morpholine rings is 1. The van der Waals surface area contributed by atoms with E-state index in [0.717, 1.165) is 49.3 Å². The molecule has 4 rings (SSSR count). The van der Waals surface area contributed by atoms with Crippen LogP contribution in [0.4, 0.5) is 0 Å². The molecule has 0 amide bonds. The Morgan fingerprint density at radius 1 is 1.04 bits per heavy atom. The van der Waals surface area contributed by atoms with Crippen LogP contribution >= 0.6 is 11.8 Å². The minimum atomic E-state index is 0.0474. The predicted octanol–water partition coefficient (Wildman–Crippen LogP) is 3.33. The molecule has 1 aliphatic heterocycles. The molecule has 28 heavy (non-hydrogen) atoms. The van der Waals surface area contributed by atoms with Crippen molar-refractivity contribution in [1.29, 1.82) is 0 Å². The Bertz CT molecular complexity index is 1010. The number of benzene rings is 2. The van der Waals surface area contributed by atoms with Crippen LogP contribution in [0.5, 0.6) is 0 Å². The van der Waals surface area contributed by atoms with Gasteiger partial charge in [0.1, 0.15) is 0 Å². The number of rotatable bonds is 6. The van der Waals surface area contributed by atoms with E-state index in [0.29, 0.717) is 11.9 Å². The van der Waals surface area contributed by atoms with Crippen LogP contribution in [0.3, 0.4) is 0 Å². The van der Waals surface area contributed by atoms with Crippen LogP contribution in [0.1, 0.15) is 11.1 Å². The van der Waals surface area contributed by atoms with E-state index in [1.165, 1.54) is 11.1 Å². The zero-order valence-electron chi connectivity index (χ0n) is 16.1. The van der Waals surface area contributed by atoms with Crippen molar-refractivity contribution in [1.82, 2.24) is 14.5 Å². The van der Waals surface area contributed by atoms with Crippen molar-refractivity contribution in [3.05, 3.63) is 70.0 Å². The fourth-order valence-electron chi connectivity index (χ4n) is 3.44. The van der Waals surface area contributed by atoms with Gasteiger partial charge in [0.2, 0.25) is 0 Å². The average Bonchev–Trinajstić information content (AvgIpc) is 2.73. The Kier molecular flexibility index (Phi) is 6.10. The monoisotopic (exact) mass is 395 g/mol. The van der Waals surface area contributed by atoms with Gasteiger partial charge < -0.3 is 4.74 Å². The van der Waals surface area contributed by atoms with E-state index >= 15 is 0 Å². The summed E-state index contributed by atoms with van der Waals surface area (Å²) in [4.78, 5) is 20.3. The number of para-hydroxylation sites is 1. The van der Waals surface area contributed by atoms with Crippen molar-refractivity contribution < 1.29 is 4.74 Å². The molecule has 6 heteroatoms. The molecule has 0 bridgehead atoms. The zero-order valence-corrected chi connectivity index (χ0v) is 17.0. The molecule has 1 aliphatic rings. The van der Waals surface area contributed by atoms with Crippen molar-refractivity contribution in [3.63, 3.8) is 0 Å². The van der Waals surface area contributed by atoms with Gasteiger partial charge in [-0.3, -0.25) is 14.3 Å². The van der Waals surface area contributed by atoms with Crippen molar-refractivity contribution in [2.45, 2.75) is 24.4 Å². The first-order chi connectivity index (χ1) is 13.7. The van der Waals surface area contributed by atoms with Gasteiger partial charge >= 0.3 is 0 Å². The van der Waals surface area contributed by atoms with Crippen molar-refractivity contribution >= 4 is 22.7 Å². The smallest absolute Gasteiger partial charge is 0.262 e. The number of hydrogen-bond acceptors (Lipinski definition) is 5. The molecule has 0 N–H and O–H groups in total. The second kappa shape index (κ2) is 8.90. The summed E-state index contributed by atoms with van der Waals surface area (Å²) in [5, 5.41) is 1.48. The van der Waals surface area contributed by atoms with Crippen LogP contribution in [0, 0.1) is 6.92 Å². The summed E-state index contributed by atoms with van der Waals surface area (Å²) in [7, 11) is 0. The highest BCUT2D eigenvalue weighted by Gasteiger charge is 2.15. The maximum absolute atomic E-state index is 13.2. The summed E-state index contributed by atoms with van der Waals surface area (Å²) >= 11 is 1.64. The number of fused-ring (bicyclic) bond motifs is 1. The van der Waals surface area contributed by atoms with Gasteiger partial charge in [0, 0.05) is 31.9 Å². The first-order valence-electron chi connectivity index (χ1n) is 9.69. The molecule has 0 unspecified atom stereocenters. The van der Waals surface area contributed by atoms with Gasteiger partial charge in [-0.1, -0.05) is 48.2 Å². The molecule has 0 spiro atoms. The van der Waals surface area contributed by atoms with Crippen LogP contribution in [0.15, 0.2) is 58.5 Å². The molecule has 5 nitrogen and oxygen atoms in total. The van der Waals surface area contributed by atoms with E-state index in [9.17, 15) is 4.79 Å². The van der Waals surface area contributed by atoms with Gasteiger partial charge in [-0.05, 0) is 30.2 Å². The molecule has 0 radical (unpaired) electrons. The number of thioether (sulfide) groups is 1. The van der Waals surface area contributed by atoms with Gasteiger partial charge in [-0.15, -0.1) is 0 Å². The van der Waals surface area contributed by atoms with Crippen LogP contribution in [0.2, 0.25) is 0 Å². The van der Waals surface area contributed by atoms with Crippen LogP contribution in [0.25, 0.3) is 10.9 Å². The van der Waals surface area contributed by atoms with Gasteiger partial charge in [0.05, 0.1) is 24.1 Å². The zero-order chi connectivity index (χ0) is 19.3. The molecular weight excluding hydrogens is 370 g/mol. The fraction of sp³-hybridized carbons (Fsp3) is 0.364. The Labute approximate surface area is 169 Å². The number of nitrogens with zero attached hydrogens (tertiary/aromatic N) is 3. The summed E-state index contributed by atoms with van der Waals surface area (Å²) in [5.41, 5.74) is 3.35. The molecule has 2 heterocycles. The second-order valence-electron chi connectivity index (χ2n) is 7.04. The molecule has 0 saturated carbocycles. The minimum absolute atomic E-state index is 0.0474. The molecule has 146 valence electrons. The predicted molar refractivity (Wildman–Crippen MR) is 114 cm³/mol. The first kappa shape index (κ1) is 19.2. The number of aromatic nitrogens is 2. The highest BCUT2D eigenvalue weighted by Crippen LogP contribution is 2.23. The molecule has 3 aromatic rings. The Morgan fingerprint density at radius 3 is 2.61 bits per heavy atom. The lowest BCUT2D eigenvalue weighted by molar-refractivity contribution is 0.0359.